The summed E-state index contributed by atoms with van der Waals surface area (Å²) in [7, 11) is 0. The molecule has 0 aromatic heterocycles. The van der Waals surface area contributed by atoms with Crippen LogP contribution in [0, 0.1) is 46.3 Å². The van der Waals surface area contributed by atoms with Crippen LogP contribution >= 0.6 is 0 Å². The minimum absolute atomic E-state index is 0.160. The number of fused-ring (bicyclic) bond motifs is 5. The highest BCUT2D eigenvalue weighted by molar-refractivity contribution is 5.14. The van der Waals surface area contributed by atoms with E-state index in [1.165, 1.54) is 38.5 Å². The first-order valence-electron chi connectivity index (χ1n) is 11.9. The lowest BCUT2D eigenvalue weighted by molar-refractivity contribution is -0.216. The smallest absolute Gasteiger partial charge is 0.0836 e. The van der Waals surface area contributed by atoms with Gasteiger partial charge in [0.2, 0.25) is 0 Å². The zero-order valence-electron chi connectivity index (χ0n) is 18.0. The van der Waals surface area contributed by atoms with E-state index >= 15 is 0 Å². The van der Waals surface area contributed by atoms with Crippen molar-refractivity contribution >= 4 is 0 Å². The molecule has 4 aliphatic carbocycles. The van der Waals surface area contributed by atoms with Crippen molar-refractivity contribution in [2.45, 2.75) is 104 Å². The lowest BCUT2D eigenvalue weighted by Crippen LogP contribution is -2.64. The van der Waals surface area contributed by atoms with Crippen LogP contribution in [0.5, 0.6) is 0 Å². The zero-order chi connectivity index (χ0) is 19.6. The van der Waals surface area contributed by atoms with E-state index in [2.05, 4.69) is 27.7 Å². The largest absolute Gasteiger partial charge is 0.390 e. The number of nitrogens with two attached hydrogens (primary N) is 1. The second-order valence-corrected chi connectivity index (χ2v) is 11.4. The predicted octanol–water partition coefficient (Wildman–Crippen LogP) is 4.35. The van der Waals surface area contributed by atoms with E-state index < -0.39 is 12.2 Å². The summed E-state index contributed by atoms with van der Waals surface area (Å²) in [6, 6.07) is 0.195. The summed E-state index contributed by atoms with van der Waals surface area (Å²) in [5, 5.41) is 22.5. The number of hydrogen-bond donors (Lipinski definition) is 3. The molecule has 0 radical (unpaired) electrons. The summed E-state index contributed by atoms with van der Waals surface area (Å²) in [6.07, 6.45) is 9.67. The Kier molecular flexibility index (Phi) is 5.22. The van der Waals surface area contributed by atoms with Crippen LogP contribution in [0.4, 0.5) is 0 Å². The molecular formula is C24H43NO2. The normalized spacial score (nSPS) is 56.1. The van der Waals surface area contributed by atoms with Crippen molar-refractivity contribution < 1.29 is 10.2 Å². The molecule has 156 valence electrons. The Morgan fingerprint density at radius 2 is 1.59 bits per heavy atom. The van der Waals surface area contributed by atoms with E-state index in [9.17, 15) is 10.2 Å². The molecule has 0 spiro atoms. The van der Waals surface area contributed by atoms with Crippen molar-refractivity contribution in [1.29, 1.82) is 0 Å². The Hall–Kier alpha value is -0.120. The highest BCUT2D eigenvalue weighted by Crippen LogP contribution is 2.68. The summed E-state index contributed by atoms with van der Waals surface area (Å²) in [6.45, 7) is 9.71. The van der Waals surface area contributed by atoms with E-state index in [1.54, 1.807) is 0 Å². The van der Waals surface area contributed by atoms with Crippen LogP contribution in [0.1, 0.15) is 85.5 Å². The molecule has 4 unspecified atom stereocenters. The molecule has 4 aliphatic rings. The standard InChI is InChI=1S/C24H43NO2/c1-5-6-14(2)16-7-8-17-20-18(10-12-23(16,17)3)24(4)11-9-15(25)13-19(24)21(26)22(20)27/h14-22,26-27H,5-13,25H2,1-4H3/t14-,15+,16-,17?,18?,19?,20?,21-,22-,23-,24-/m1/s1. The van der Waals surface area contributed by atoms with Gasteiger partial charge < -0.3 is 15.9 Å². The van der Waals surface area contributed by atoms with Crippen LogP contribution in [-0.4, -0.2) is 28.5 Å². The molecule has 3 heteroatoms. The van der Waals surface area contributed by atoms with Crippen LogP contribution in [0.3, 0.4) is 0 Å². The van der Waals surface area contributed by atoms with Gasteiger partial charge in [-0.15, -0.1) is 0 Å². The number of rotatable bonds is 3. The van der Waals surface area contributed by atoms with Gasteiger partial charge in [-0.05, 0) is 91.3 Å². The van der Waals surface area contributed by atoms with Crippen LogP contribution in [-0.2, 0) is 0 Å². The fourth-order valence-electron chi connectivity index (χ4n) is 8.92. The first kappa shape index (κ1) is 20.2. The molecule has 4 N–H and O–H groups in total. The van der Waals surface area contributed by atoms with Gasteiger partial charge in [-0.3, -0.25) is 0 Å². The number of aliphatic hydroxyl groups is 2. The topological polar surface area (TPSA) is 66.5 Å². The minimum Gasteiger partial charge on any atom is -0.390 e. The van der Waals surface area contributed by atoms with E-state index in [1.807, 2.05) is 0 Å². The summed E-state index contributed by atoms with van der Waals surface area (Å²) < 4.78 is 0. The third kappa shape index (κ3) is 2.86. The van der Waals surface area contributed by atoms with Gasteiger partial charge in [-0.25, -0.2) is 0 Å². The monoisotopic (exact) mass is 377 g/mol. The van der Waals surface area contributed by atoms with Crippen molar-refractivity contribution in [3.05, 3.63) is 0 Å². The zero-order valence-corrected chi connectivity index (χ0v) is 18.0. The maximum Gasteiger partial charge on any atom is 0.0836 e. The molecule has 0 amide bonds. The Morgan fingerprint density at radius 3 is 2.30 bits per heavy atom. The lowest BCUT2D eigenvalue weighted by Gasteiger charge is -2.63. The Balaban J connectivity index is 1.65. The molecule has 3 nitrogen and oxygen atoms in total. The van der Waals surface area contributed by atoms with Crippen molar-refractivity contribution in [1.82, 2.24) is 0 Å². The van der Waals surface area contributed by atoms with Crippen molar-refractivity contribution in [3.8, 4) is 0 Å². The SMILES string of the molecule is CCC[C@@H](C)[C@H]1CCC2C3C(CC[C@@]21C)[C@@]1(C)CC[C@H](N)CC1[C@@H](O)[C@@H]3O. The van der Waals surface area contributed by atoms with Crippen LogP contribution in [0.2, 0.25) is 0 Å². The Morgan fingerprint density at radius 1 is 0.926 bits per heavy atom. The highest BCUT2D eigenvalue weighted by atomic mass is 16.3. The fraction of sp³-hybridized carbons (Fsp3) is 1.00. The minimum atomic E-state index is -0.586. The van der Waals surface area contributed by atoms with Gasteiger partial charge >= 0.3 is 0 Å². The van der Waals surface area contributed by atoms with Gasteiger partial charge in [0.15, 0.2) is 0 Å². The summed E-state index contributed by atoms with van der Waals surface area (Å²) in [4.78, 5) is 0. The van der Waals surface area contributed by atoms with Gasteiger partial charge in [0.05, 0.1) is 12.2 Å². The van der Waals surface area contributed by atoms with E-state index in [0.29, 0.717) is 17.3 Å². The molecule has 0 heterocycles. The average molecular weight is 378 g/mol. The van der Waals surface area contributed by atoms with Gasteiger partial charge in [-0.2, -0.15) is 0 Å². The van der Waals surface area contributed by atoms with Crippen LogP contribution < -0.4 is 5.73 Å². The summed E-state index contributed by atoms with van der Waals surface area (Å²) in [5.74, 6) is 3.18. The molecule has 0 aromatic rings. The second kappa shape index (κ2) is 6.99. The first-order chi connectivity index (χ1) is 12.7. The molecule has 0 saturated heterocycles. The maximum absolute atomic E-state index is 11.3. The quantitative estimate of drug-likeness (QED) is 0.685. The maximum atomic E-state index is 11.3. The van der Waals surface area contributed by atoms with Crippen molar-refractivity contribution in [2.75, 3.05) is 0 Å². The lowest BCUT2D eigenvalue weighted by atomic mass is 9.43. The van der Waals surface area contributed by atoms with Crippen LogP contribution in [0.25, 0.3) is 0 Å². The van der Waals surface area contributed by atoms with E-state index in [4.69, 9.17) is 5.73 Å². The Bertz CT molecular complexity index is 552. The predicted molar refractivity (Wildman–Crippen MR) is 110 cm³/mol. The molecule has 4 rings (SSSR count). The molecule has 0 bridgehead atoms. The average Bonchev–Trinajstić information content (AvgIpc) is 2.98. The van der Waals surface area contributed by atoms with Gasteiger partial charge in [0.25, 0.3) is 0 Å². The van der Waals surface area contributed by atoms with E-state index in [0.717, 1.165) is 31.1 Å². The highest BCUT2D eigenvalue weighted by Gasteiger charge is 2.64. The summed E-state index contributed by atoms with van der Waals surface area (Å²) >= 11 is 0. The molecular weight excluding hydrogens is 334 g/mol. The molecule has 0 aromatic carbocycles. The van der Waals surface area contributed by atoms with Crippen molar-refractivity contribution in [3.63, 3.8) is 0 Å². The number of hydrogen-bond acceptors (Lipinski definition) is 3. The molecule has 27 heavy (non-hydrogen) atoms. The first-order valence-corrected chi connectivity index (χ1v) is 11.9. The number of aliphatic hydroxyl groups excluding tert-OH is 2. The molecule has 0 aliphatic heterocycles. The molecule has 4 fully saturated rings. The molecule has 11 atom stereocenters. The van der Waals surface area contributed by atoms with Gasteiger partial charge in [0, 0.05) is 6.04 Å². The van der Waals surface area contributed by atoms with Crippen LogP contribution in [0.15, 0.2) is 0 Å². The molecule has 4 saturated carbocycles. The third-order valence-electron chi connectivity index (χ3n) is 10.3. The Labute approximate surface area is 166 Å². The second-order valence-electron chi connectivity index (χ2n) is 11.4. The summed E-state index contributed by atoms with van der Waals surface area (Å²) in [5.41, 5.74) is 6.78. The van der Waals surface area contributed by atoms with Crippen molar-refractivity contribution in [2.24, 2.45) is 52.1 Å². The third-order valence-corrected chi connectivity index (χ3v) is 10.3. The van der Waals surface area contributed by atoms with Gasteiger partial charge in [0.1, 0.15) is 0 Å². The fourth-order valence-corrected chi connectivity index (χ4v) is 8.92. The van der Waals surface area contributed by atoms with E-state index in [-0.39, 0.29) is 23.3 Å². The van der Waals surface area contributed by atoms with Gasteiger partial charge in [-0.1, -0.05) is 40.5 Å².